The maximum Gasteiger partial charge on any atom is 0.435 e. The molecule has 3 rings (SSSR count). The molecule has 0 aliphatic heterocycles. The summed E-state index contributed by atoms with van der Waals surface area (Å²) in [6.45, 7) is 1.71. The highest BCUT2D eigenvalue weighted by molar-refractivity contribution is 6.31. The topological polar surface area (TPSA) is 82.8 Å². The van der Waals surface area contributed by atoms with Gasteiger partial charge in [0.15, 0.2) is 11.4 Å². The van der Waals surface area contributed by atoms with Gasteiger partial charge in [-0.1, -0.05) is 17.7 Å². The Hall–Kier alpha value is -3.29. The molecule has 0 amide bonds. The SMILES string of the molecule is CC(=O)Oc1c(-c2cc(C(F)(F)F)nn2C)ccc(OCCCCCOCCO)c1-c1ccc(Cl)c(C(F)(F)F)c1. The van der Waals surface area contributed by atoms with Crippen molar-refractivity contribution in [3.63, 3.8) is 0 Å². The minimum absolute atomic E-state index is 0.0300. The van der Waals surface area contributed by atoms with Gasteiger partial charge in [0.1, 0.15) is 5.75 Å². The standard InChI is InChI=1S/C27H27ClF6N2O5/c1-16(38)41-25-18(21-15-23(27(32,33)34)35-36(21)2)7-9-22(40-12-5-3-4-11-39-13-10-37)24(25)17-6-8-20(28)19(14-17)26(29,30)31/h6-9,14-15,37H,3-5,10-13H2,1-2H3. The molecule has 0 bridgehead atoms. The van der Waals surface area contributed by atoms with E-state index in [2.05, 4.69) is 5.10 Å². The third kappa shape index (κ3) is 8.37. The number of benzene rings is 2. The lowest BCUT2D eigenvalue weighted by Crippen LogP contribution is -2.09. The predicted molar refractivity (Wildman–Crippen MR) is 138 cm³/mol. The number of nitrogens with zero attached hydrogens (tertiary/aromatic N) is 2. The number of aryl methyl sites for hydroxylation is 1. The van der Waals surface area contributed by atoms with Gasteiger partial charge in [0.25, 0.3) is 0 Å². The monoisotopic (exact) mass is 608 g/mol. The molecule has 14 heteroatoms. The van der Waals surface area contributed by atoms with Crippen LogP contribution in [0.5, 0.6) is 11.5 Å². The molecule has 41 heavy (non-hydrogen) atoms. The summed E-state index contributed by atoms with van der Waals surface area (Å²) < 4.78 is 98.7. The molecule has 224 valence electrons. The number of unbranched alkanes of at least 4 members (excludes halogenated alkanes) is 2. The molecular formula is C27H27ClF6N2O5. The fourth-order valence-electron chi connectivity index (χ4n) is 4.00. The molecule has 0 radical (unpaired) electrons. The Morgan fingerprint density at radius 1 is 0.976 bits per heavy atom. The number of esters is 1. The Labute approximate surface area is 236 Å². The first-order valence-corrected chi connectivity index (χ1v) is 12.8. The molecule has 1 N–H and O–H groups in total. The summed E-state index contributed by atoms with van der Waals surface area (Å²) >= 11 is 5.81. The van der Waals surface area contributed by atoms with Gasteiger partial charge in [-0.3, -0.25) is 9.48 Å². The minimum atomic E-state index is -4.82. The lowest BCUT2D eigenvalue weighted by atomic mass is 9.96. The molecule has 1 aromatic heterocycles. The number of aliphatic hydroxyl groups is 1. The Bertz CT molecular complexity index is 1360. The van der Waals surface area contributed by atoms with Crippen LogP contribution in [0.25, 0.3) is 22.4 Å². The summed E-state index contributed by atoms with van der Waals surface area (Å²) in [4.78, 5) is 12.1. The highest BCUT2D eigenvalue weighted by Gasteiger charge is 2.36. The number of alkyl halides is 6. The number of ether oxygens (including phenoxy) is 3. The molecule has 0 saturated carbocycles. The zero-order chi connectivity index (χ0) is 30.4. The van der Waals surface area contributed by atoms with Gasteiger partial charge in [0, 0.05) is 26.1 Å². The Balaban J connectivity index is 2.13. The maximum atomic E-state index is 13.7. The van der Waals surface area contributed by atoms with Gasteiger partial charge in [0.2, 0.25) is 0 Å². The zero-order valence-electron chi connectivity index (χ0n) is 22.0. The van der Waals surface area contributed by atoms with Gasteiger partial charge in [0.05, 0.1) is 41.7 Å². The van der Waals surface area contributed by atoms with E-state index in [4.69, 9.17) is 30.9 Å². The van der Waals surface area contributed by atoms with Crippen LogP contribution in [0.15, 0.2) is 36.4 Å². The van der Waals surface area contributed by atoms with Crippen LogP contribution >= 0.6 is 11.6 Å². The fraction of sp³-hybridized carbons (Fsp3) is 0.407. The average molecular weight is 609 g/mol. The first kappa shape index (κ1) is 32.2. The number of hydrogen-bond acceptors (Lipinski definition) is 6. The van der Waals surface area contributed by atoms with Gasteiger partial charge in [-0.25, -0.2) is 0 Å². The van der Waals surface area contributed by atoms with Crippen molar-refractivity contribution in [2.75, 3.05) is 26.4 Å². The summed E-state index contributed by atoms with van der Waals surface area (Å²) in [6, 6.07) is 6.51. The normalized spacial score (nSPS) is 12.0. The van der Waals surface area contributed by atoms with E-state index in [1.165, 1.54) is 25.2 Å². The van der Waals surface area contributed by atoms with Gasteiger partial charge in [-0.05, 0) is 55.2 Å². The number of halogens is 7. The molecule has 0 fully saturated rings. The van der Waals surface area contributed by atoms with Crippen molar-refractivity contribution >= 4 is 17.6 Å². The largest absolute Gasteiger partial charge is 0.493 e. The molecule has 7 nitrogen and oxygen atoms in total. The van der Waals surface area contributed by atoms with E-state index in [-0.39, 0.29) is 53.7 Å². The van der Waals surface area contributed by atoms with Crippen molar-refractivity contribution in [3.8, 4) is 33.9 Å². The van der Waals surface area contributed by atoms with Crippen LogP contribution in [-0.2, 0) is 28.9 Å². The molecule has 0 aliphatic carbocycles. The summed E-state index contributed by atoms with van der Waals surface area (Å²) in [5, 5.41) is 11.7. The summed E-state index contributed by atoms with van der Waals surface area (Å²) in [6.07, 6.45) is -7.73. The zero-order valence-corrected chi connectivity index (χ0v) is 22.8. The van der Waals surface area contributed by atoms with Gasteiger partial charge >= 0.3 is 18.3 Å². The van der Waals surface area contributed by atoms with E-state index in [9.17, 15) is 31.1 Å². The van der Waals surface area contributed by atoms with Crippen molar-refractivity contribution in [2.45, 2.75) is 38.5 Å². The van der Waals surface area contributed by atoms with Crippen molar-refractivity contribution < 1.29 is 50.5 Å². The second-order valence-corrected chi connectivity index (χ2v) is 9.29. The highest BCUT2D eigenvalue weighted by Crippen LogP contribution is 2.47. The van der Waals surface area contributed by atoms with Gasteiger partial charge < -0.3 is 19.3 Å². The van der Waals surface area contributed by atoms with Crippen molar-refractivity contribution in [3.05, 3.63) is 52.7 Å². The first-order chi connectivity index (χ1) is 19.2. The summed E-state index contributed by atoms with van der Waals surface area (Å²) in [5.41, 5.74) is -2.68. The first-order valence-electron chi connectivity index (χ1n) is 12.4. The van der Waals surface area contributed by atoms with Crippen LogP contribution in [-0.4, -0.2) is 47.3 Å². The molecule has 0 aliphatic rings. The van der Waals surface area contributed by atoms with Crippen LogP contribution in [0.3, 0.4) is 0 Å². The van der Waals surface area contributed by atoms with Crippen LogP contribution in [0, 0.1) is 0 Å². The molecule has 0 spiro atoms. The second-order valence-electron chi connectivity index (χ2n) is 8.88. The third-order valence-electron chi connectivity index (χ3n) is 5.80. The van der Waals surface area contributed by atoms with E-state index in [0.29, 0.717) is 25.9 Å². The number of carbonyl (C=O) groups excluding carboxylic acids is 1. The number of rotatable bonds is 12. The van der Waals surface area contributed by atoms with E-state index in [1.54, 1.807) is 0 Å². The van der Waals surface area contributed by atoms with Gasteiger partial charge in [-0.2, -0.15) is 31.4 Å². The van der Waals surface area contributed by atoms with Crippen molar-refractivity contribution in [2.24, 2.45) is 7.05 Å². The number of aromatic nitrogens is 2. The van der Waals surface area contributed by atoms with E-state index in [0.717, 1.165) is 29.8 Å². The Morgan fingerprint density at radius 3 is 2.29 bits per heavy atom. The quantitative estimate of drug-likeness (QED) is 0.104. The van der Waals surface area contributed by atoms with Gasteiger partial charge in [-0.15, -0.1) is 0 Å². The molecule has 1 heterocycles. The maximum absolute atomic E-state index is 13.7. The molecule has 0 saturated heterocycles. The van der Waals surface area contributed by atoms with E-state index < -0.39 is 34.6 Å². The lowest BCUT2D eigenvalue weighted by Gasteiger charge is -2.20. The average Bonchev–Trinajstić information content (AvgIpc) is 3.27. The van der Waals surface area contributed by atoms with Crippen LogP contribution in [0.1, 0.15) is 37.4 Å². The van der Waals surface area contributed by atoms with Crippen LogP contribution < -0.4 is 9.47 Å². The van der Waals surface area contributed by atoms with Crippen LogP contribution in [0.4, 0.5) is 26.3 Å². The van der Waals surface area contributed by atoms with E-state index >= 15 is 0 Å². The van der Waals surface area contributed by atoms with Crippen molar-refractivity contribution in [1.29, 1.82) is 0 Å². The molecule has 3 aromatic rings. The van der Waals surface area contributed by atoms with Crippen LogP contribution in [0.2, 0.25) is 5.02 Å². The lowest BCUT2D eigenvalue weighted by molar-refractivity contribution is -0.141. The highest BCUT2D eigenvalue weighted by atomic mass is 35.5. The second kappa shape index (κ2) is 13.6. The van der Waals surface area contributed by atoms with Crippen molar-refractivity contribution in [1.82, 2.24) is 9.78 Å². The minimum Gasteiger partial charge on any atom is -0.493 e. The molecule has 0 atom stereocenters. The molecule has 2 aromatic carbocycles. The van der Waals surface area contributed by atoms with E-state index in [1.807, 2.05) is 0 Å². The molecule has 0 unspecified atom stereocenters. The Kier molecular flexibility index (Phi) is 10.7. The third-order valence-corrected chi connectivity index (χ3v) is 6.13. The predicted octanol–water partition coefficient (Wildman–Crippen LogP) is 6.93. The number of aliphatic hydroxyl groups excluding tert-OH is 1. The smallest absolute Gasteiger partial charge is 0.435 e. The summed E-state index contributed by atoms with van der Waals surface area (Å²) in [7, 11) is 1.25. The number of carbonyl (C=O) groups is 1. The fourth-order valence-corrected chi connectivity index (χ4v) is 4.22. The number of hydrogen-bond donors (Lipinski definition) is 1. The summed E-state index contributed by atoms with van der Waals surface area (Å²) in [5.74, 6) is -1.13. The Morgan fingerprint density at radius 2 is 1.68 bits per heavy atom. The molecular weight excluding hydrogens is 582 g/mol.